The first-order valence-electron chi connectivity index (χ1n) is 13.2. The van der Waals surface area contributed by atoms with Gasteiger partial charge in [-0.05, 0) is 49.3 Å². The maximum Gasteiger partial charge on any atom is 0.266 e. The zero-order valence-corrected chi connectivity index (χ0v) is 22.9. The third-order valence-electron chi connectivity index (χ3n) is 7.66. The van der Waals surface area contributed by atoms with Crippen LogP contribution in [0.15, 0.2) is 24.3 Å². The van der Waals surface area contributed by atoms with Crippen LogP contribution in [0.4, 0.5) is 5.69 Å². The Morgan fingerprint density at radius 1 is 1.06 bits per heavy atom. The number of carbonyl (C=O) groups excluding carboxylic acids is 1. The van der Waals surface area contributed by atoms with Crippen molar-refractivity contribution in [1.82, 2.24) is 14.7 Å². The molecular weight excluding hydrogens is 480 g/mol. The fraction of sp³-hybridized carbons (Fsp3) is 0.731. The molecule has 2 aliphatic heterocycles. The average molecular weight is 525 g/mol. The van der Waals surface area contributed by atoms with Crippen LogP contribution in [-0.4, -0.2) is 93.0 Å². The van der Waals surface area contributed by atoms with Gasteiger partial charge in [0.2, 0.25) is 10.0 Å². The summed E-state index contributed by atoms with van der Waals surface area (Å²) in [7, 11) is -2.33. The Morgan fingerprint density at radius 3 is 2.25 bits per heavy atom. The van der Waals surface area contributed by atoms with Crippen LogP contribution in [0.2, 0.25) is 0 Å². The fourth-order valence-corrected chi connectivity index (χ4v) is 7.37. The number of amides is 1. The van der Waals surface area contributed by atoms with Gasteiger partial charge in [0, 0.05) is 58.6 Å². The summed E-state index contributed by atoms with van der Waals surface area (Å²) in [5, 5.41) is 9.40. The van der Waals surface area contributed by atoms with E-state index in [1.54, 1.807) is 12.6 Å². The number of sulfonamides is 1. The van der Waals surface area contributed by atoms with Gasteiger partial charge in [-0.3, -0.25) is 10.0 Å². The molecule has 36 heavy (non-hydrogen) atoms. The highest BCUT2D eigenvalue weighted by atomic mass is 32.2. The zero-order chi connectivity index (χ0) is 26.2. The summed E-state index contributed by atoms with van der Waals surface area (Å²) in [5.74, 6) is -0.0863. The van der Waals surface area contributed by atoms with E-state index in [1.807, 2.05) is 0 Å². The van der Waals surface area contributed by atoms with Crippen molar-refractivity contribution >= 4 is 21.6 Å². The molecule has 0 spiro atoms. The number of hydroxylamine groups is 1. The van der Waals surface area contributed by atoms with Gasteiger partial charge in [0.15, 0.2) is 4.75 Å². The van der Waals surface area contributed by atoms with Crippen LogP contribution in [-0.2, 0) is 26.0 Å². The molecule has 0 atom stereocenters. The summed E-state index contributed by atoms with van der Waals surface area (Å²) in [5.41, 5.74) is 4.06. The van der Waals surface area contributed by atoms with Gasteiger partial charge in [0.25, 0.3) is 5.91 Å². The molecule has 3 rings (SSSR count). The second kappa shape index (κ2) is 13.2. The molecule has 0 radical (unpaired) electrons. The minimum atomic E-state index is -3.96. The van der Waals surface area contributed by atoms with Crippen LogP contribution in [0.25, 0.3) is 0 Å². The van der Waals surface area contributed by atoms with Crippen LogP contribution in [0, 0.1) is 5.92 Å². The van der Waals surface area contributed by atoms with E-state index in [1.165, 1.54) is 29.1 Å². The number of ether oxygens (including phenoxy) is 1. The van der Waals surface area contributed by atoms with Crippen LogP contribution in [0.3, 0.4) is 0 Å². The smallest absolute Gasteiger partial charge is 0.266 e. The molecule has 2 N–H and O–H groups in total. The van der Waals surface area contributed by atoms with E-state index >= 15 is 0 Å². The van der Waals surface area contributed by atoms with Gasteiger partial charge in [0.05, 0.1) is 6.61 Å². The number of unbranched alkanes of at least 4 members (excludes halogenated alkanes) is 1. The number of hydrogen-bond acceptors (Lipinski definition) is 7. The van der Waals surface area contributed by atoms with Gasteiger partial charge in [-0.2, -0.15) is 4.31 Å². The molecule has 9 nitrogen and oxygen atoms in total. The van der Waals surface area contributed by atoms with Gasteiger partial charge < -0.3 is 14.5 Å². The van der Waals surface area contributed by atoms with E-state index in [-0.39, 0.29) is 12.8 Å². The summed E-state index contributed by atoms with van der Waals surface area (Å²) in [4.78, 5) is 17.0. The zero-order valence-electron chi connectivity index (χ0n) is 22.1. The highest BCUT2D eigenvalue weighted by molar-refractivity contribution is 7.91. The standard InChI is InChI=1S/C26H44N4O5S/c1-22(2)6-4-5-7-23-8-10-24(11-9-23)29-16-18-30(19-17-29)36(33,34)26(25(31)27-32)12-14-28(15-13-26)20-21-35-3/h8-11,22,32H,4-7,12-21H2,1-3H3,(H,27,31). The minimum absolute atomic E-state index is 0.143. The molecule has 0 unspecified atom stereocenters. The summed E-state index contributed by atoms with van der Waals surface area (Å²) in [6, 6.07) is 8.59. The van der Waals surface area contributed by atoms with E-state index in [2.05, 4.69) is 47.9 Å². The molecule has 1 aromatic rings. The fourth-order valence-electron chi connectivity index (χ4n) is 5.25. The van der Waals surface area contributed by atoms with E-state index in [4.69, 9.17) is 4.74 Å². The summed E-state index contributed by atoms with van der Waals surface area (Å²) in [6.45, 7) is 8.41. The molecule has 204 valence electrons. The predicted molar refractivity (Wildman–Crippen MR) is 142 cm³/mol. The SMILES string of the molecule is COCCN1CCC(C(=O)NO)(S(=O)(=O)N2CCN(c3ccc(CCCCC(C)C)cc3)CC2)CC1. The Morgan fingerprint density at radius 2 is 1.69 bits per heavy atom. The maximum atomic E-state index is 13.7. The number of rotatable bonds is 12. The molecule has 2 heterocycles. The quantitative estimate of drug-likeness (QED) is 0.246. The molecule has 1 amide bonds. The van der Waals surface area contributed by atoms with Crippen molar-refractivity contribution in [3.63, 3.8) is 0 Å². The lowest BCUT2D eigenvalue weighted by molar-refractivity contribution is -0.133. The number of nitrogens with one attached hydrogen (secondary N) is 1. The number of likely N-dealkylation sites (tertiary alicyclic amines) is 1. The van der Waals surface area contributed by atoms with E-state index < -0.39 is 20.7 Å². The molecule has 2 saturated heterocycles. The van der Waals surface area contributed by atoms with Gasteiger partial charge in [-0.1, -0.05) is 38.8 Å². The normalized spacial score (nSPS) is 19.5. The molecule has 0 aromatic heterocycles. The molecule has 0 aliphatic carbocycles. The van der Waals surface area contributed by atoms with Crippen LogP contribution < -0.4 is 10.4 Å². The first kappa shape index (κ1) is 28.8. The minimum Gasteiger partial charge on any atom is -0.383 e. The van der Waals surface area contributed by atoms with Crippen LogP contribution in [0.5, 0.6) is 0 Å². The second-order valence-electron chi connectivity index (χ2n) is 10.5. The molecule has 2 fully saturated rings. The van der Waals surface area contributed by atoms with Crippen molar-refractivity contribution in [2.45, 2.75) is 57.1 Å². The summed E-state index contributed by atoms with van der Waals surface area (Å²) in [6.07, 6.45) is 5.07. The van der Waals surface area contributed by atoms with Gasteiger partial charge in [-0.15, -0.1) is 0 Å². The van der Waals surface area contributed by atoms with Gasteiger partial charge >= 0.3 is 0 Å². The number of aryl methyl sites for hydroxylation is 1. The van der Waals surface area contributed by atoms with E-state index in [0.29, 0.717) is 52.4 Å². The lowest BCUT2D eigenvalue weighted by Gasteiger charge is -2.44. The first-order chi connectivity index (χ1) is 17.2. The van der Waals surface area contributed by atoms with Crippen LogP contribution >= 0.6 is 0 Å². The molecule has 10 heteroatoms. The number of nitrogens with zero attached hydrogens (tertiary/aromatic N) is 3. The van der Waals surface area contributed by atoms with Crippen molar-refractivity contribution in [2.75, 3.05) is 64.4 Å². The summed E-state index contributed by atoms with van der Waals surface area (Å²) < 4.78 is 32.4. The highest BCUT2D eigenvalue weighted by Crippen LogP contribution is 2.34. The van der Waals surface area contributed by atoms with Crippen molar-refractivity contribution in [2.24, 2.45) is 5.92 Å². The van der Waals surface area contributed by atoms with Crippen molar-refractivity contribution in [1.29, 1.82) is 0 Å². The molecule has 1 aromatic carbocycles. The average Bonchev–Trinajstić information content (AvgIpc) is 2.90. The van der Waals surface area contributed by atoms with Crippen molar-refractivity contribution < 1.29 is 23.2 Å². The Balaban J connectivity index is 1.59. The van der Waals surface area contributed by atoms with Crippen molar-refractivity contribution in [3.05, 3.63) is 29.8 Å². The largest absolute Gasteiger partial charge is 0.383 e. The summed E-state index contributed by atoms with van der Waals surface area (Å²) >= 11 is 0. The third-order valence-corrected chi connectivity index (χ3v) is 10.3. The molecule has 0 bridgehead atoms. The lowest BCUT2D eigenvalue weighted by Crippen LogP contribution is -2.63. The molecule has 0 saturated carbocycles. The van der Waals surface area contributed by atoms with E-state index in [0.717, 1.165) is 18.0 Å². The molecule has 2 aliphatic rings. The third kappa shape index (κ3) is 6.77. The second-order valence-corrected chi connectivity index (χ2v) is 12.7. The predicted octanol–water partition coefficient (Wildman–Crippen LogP) is 2.49. The number of hydrogen-bond donors (Lipinski definition) is 2. The Hall–Kier alpha value is -1.72. The highest BCUT2D eigenvalue weighted by Gasteiger charge is 2.55. The first-order valence-corrected chi connectivity index (χ1v) is 14.7. The van der Waals surface area contributed by atoms with Gasteiger partial charge in [0.1, 0.15) is 0 Å². The monoisotopic (exact) mass is 524 g/mol. The number of methoxy groups -OCH3 is 1. The Kier molecular flexibility index (Phi) is 10.6. The maximum absolute atomic E-state index is 13.7. The Labute approximate surface area is 216 Å². The number of anilines is 1. The van der Waals surface area contributed by atoms with Crippen molar-refractivity contribution in [3.8, 4) is 0 Å². The van der Waals surface area contributed by atoms with Crippen LogP contribution in [0.1, 0.15) is 51.5 Å². The Bertz CT molecular complexity index is 922. The van der Waals surface area contributed by atoms with Gasteiger partial charge in [-0.25, -0.2) is 13.9 Å². The number of carbonyl (C=O) groups is 1. The number of benzene rings is 1. The topological polar surface area (TPSA) is 102 Å². The lowest BCUT2D eigenvalue weighted by atomic mass is 9.95. The number of piperidine rings is 1. The molecular formula is C26H44N4O5S. The number of piperazine rings is 1. The van der Waals surface area contributed by atoms with E-state index in [9.17, 15) is 18.4 Å².